The molecule has 130 valence electrons. The lowest BCUT2D eigenvalue weighted by atomic mass is 10.1. The van der Waals surface area contributed by atoms with Gasteiger partial charge in [0.1, 0.15) is 11.6 Å². The number of carbonyl (C=O) groups is 1. The molecule has 1 N–H and O–H groups in total. The van der Waals surface area contributed by atoms with Gasteiger partial charge in [-0.1, -0.05) is 13.8 Å². The number of aromatic nitrogens is 5. The van der Waals surface area contributed by atoms with Gasteiger partial charge >= 0.3 is 0 Å². The molecule has 0 saturated heterocycles. The molecule has 2 aromatic rings. The minimum atomic E-state index is 0.0789. The highest BCUT2D eigenvalue weighted by molar-refractivity contribution is 5.76. The first-order valence-corrected chi connectivity index (χ1v) is 8.66. The van der Waals surface area contributed by atoms with Crippen LogP contribution < -0.4 is 5.32 Å². The summed E-state index contributed by atoms with van der Waals surface area (Å²) in [7, 11) is 0. The molecule has 0 radical (unpaired) electrons. The number of carbonyl (C=O) groups excluding carboxylic acids is 1. The highest BCUT2D eigenvalue weighted by Gasteiger charge is 2.24. The summed E-state index contributed by atoms with van der Waals surface area (Å²) in [5.74, 6) is 2.46. The van der Waals surface area contributed by atoms with Crippen molar-refractivity contribution in [3.8, 4) is 0 Å². The monoisotopic (exact) mass is 330 g/mol. The van der Waals surface area contributed by atoms with E-state index in [9.17, 15) is 4.79 Å². The van der Waals surface area contributed by atoms with Crippen molar-refractivity contribution in [3.05, 3.63) is 29.1 Å². The van der Waals surface area contributed by atoms with Crippen LogP contribution in [0, 0.1) is 13.8 Å². The van der Waals surface area contributed by atoms with E-state index in [2.05, 4.69) is 39.0 Å². The van der Waals surface area contributed by atoms with Crippen molar-refractivity contribution in [1.29, 1.82) is 0 Å². The minimum Gasteiger partial charge on any atom is -0.352 e. The Bertz CT molecular complexity index is 730. The number of nitrogens with zero attached hydrogens (tertiary/aromatic N) is 5. The van der Waals surface area contributed by atoms with Gasteiger partial charge in [-0.3, -0.25) is 9.48 Å². The Morgan fingerprint density at radius 1 is 1.38 bits per heavy atom. The van der Waals surface area contributed by atoms with Crippen molar-refractivity contribution in [1.82, 2.24) is 29.9 Å². The zero-order valence-electron chi connectivity index (χ0n) is 14.9. The van der Waals surface area contributed by atoms with Crippen LogP contribution in [0.25, 0.3) is 0 Å². The van der Waals surface area contributed by atoms with Crippen molar-refractivity contribution in [2.24, 2.45) is 0 Å². The van der Waals surface area contributed by atoms with E-state index in [4.69, 9.17) is 0 Å². The molecule has 0 bridgehead atoms. The molecular weight excluding hydrogens is 304 g/mol. The molecule has 1 aliphatic rings. The fourth-order valence-corrected chi connectivity index (χ4v) is 3.30. The molecule has 0 saturated carbocycles. The van der Waals surface area contributed by atoms with E-state index in [1.807, 2.05) is 24.6 Å². The second kappa shape index (κ2) is 6.75. The summed E-state index contributed by atoms with van der Waals surface area (Å²) in [5, 5.41) is 16.1. The maximum Gasteiger partial charge on any atom is 0.222 e. The van der Waals surface area contributed by atoms with Crippen molar-refractivity contribution in [3.63, 3.8) is 0 Å². The Balaban J connectivity index is 1.55. The van der Waals surface area contributed by atoms with Gasteiger partial charge in [-0.2, -0.15) is 5.10 Å². The second-order valence-corrected chi connectivity index (χ2v) is 6.94. The largest absolute Gasteiger partial charge is 0.352 e. The predicted molar refractivity (Wildman–Crippen MR) is 90.7 cm³/mol. The second-order valence-electron chi connectivity index (χ2n) is 6.94. The quantitative estimate of drug-likeness (QED) is 0.906. The molecular formula is C17H26N6O. The molecule has 3 heterocycles. The number of fused-ring (bicyclic) bond motifs is 1. The molecule has 1 aliphatic heterocycles. The van der Waals surface area contributed by atoms with Crippen LogP contribution >= 0.6 is 0 Å². The lowest BCUT2D eigenvalue weighted by Gasteiger charge is -2.26. The van der Waals surface area contributed by atoms with Crippen molar-refractivity contribution in [2.75, 3.05) is 0 Å². The molecule has 24 heavy (non-hydrogen) atoms. The normalized spacial score (nSPS) is 17.1. The van der Waals surface area contributed by atoms with Crippen molar-refractivity contribution >= 4 is 5.91 Å². The van der Waals surface area contributed by atoms with Gasteiger partial charge in [0, 0.05) is 43.6 Å². The molecule has 7 heteroatoms. The van der Waals surface area contributed by atoms with Gasteiger partial charge in [0.2, 0.25) is 5.91 Å². The van der Waals surface area contributed by atoms with Gasteiger partial charge in [0.15, 0.2) is 0 Å². The summed E-state index contributed by atoms with van der Waals surface area (Å²) >= 11 is 0. The Labute approximate surface area is 142 Å². The van der Waals surface area contributed by atoms with Gasteiger partial charge in [-0.15, -0.1) is 10.2 Å². The number of amides is 1. The molecule has 7 nitrogen and oxygen atoms in total. The summed E-state index contributed by atoms with van der Waals surface area (Å²) in [6, 6.07) is 2.18. The van der Waals surface area contributed by atoms with Crippen LogP contribution in [0.15, 0.2) is 6.07 Å². The number of rotatable bonds is 5. The van der Waals surface area contributed by atoms with Crippen LogP contribution in [-0.4, -0.2) is 36.5 Å². The molecule has 1 amide bonds. The third-order valence-electron chi connectivity index (χ3n) is 4.51. The fraction of sp³-hybridized carbons (Fsp3) is 0.647. The average molecular weight is 330 g/mol. The van der Waals surface area contributed by atoms with Crippen LogP contribution in [0.1, 0.15) is 55.6 Å². The number of hydrogen-bond donors (Lipinski definition) is 1. The maximum atomic E-state index is 12.3. The lowest BCUT2D eigenvalue weighted by Crippen LogP contribution is -2.41. The zero-order valence-corrected chi connectivity index (χ0v) is 14.9. The molecule has 1 unspecified atom stereocenters. The fourth-order valence-electron chi connectivity index (χ4n) is 3.30. The summed E-state index contributed by atoms with van der Waals surface area (Å²) in [5.41, 5.74) is 2.08. The van der Waals surface area contributed by atoms with Gasteiger partial charge in [0.25, 0.3) is 0 Å². The summed E-state index contributed by atoms with van der Waals surface area (Å²) in [4.78, 5) is 12.3. The summed E-state index contributed by atoms with van der Waals surface area (Å²) in [6.07, 6.45) is 2.23. The van der Waals surface area contributed by atoms with E-state index >= 15 is 0 Å². The standard InChI is InChI=1S/C17H26N6O/c1-11(2)17-20-19-15-6-5-14(10-22(15)17)18-16(24)7-8-23-13(4)9-12(3)21-23/h9,11,14H,5-8,10H2,1-4H3,(H,18,24). The molecule has 0 spiro atoms. The van der Waals surface area contributed by atoms with Crippen LogP contribution in [-0.2, 0) is 24.3 Å². The van der Waals surface area contributed by atoms with Gasteiger partial charge in [-0.05, 0) is 26.3 Å². The summed E-state index contributed by atoms with van der Waals surface area (Å²) < 4.78 is 4.06. The lowest BCUT2D eigenvalue weighted by molar-refractivity contribution is -0.122. The van der Waals surface area contributed by atoms with E-state index in [1.165, 1.54) is 0 Å². The van der Waals surface area contributed by atoms with E-state index < -0.39 is 0 Å². The average Bonchev–Trinajstić information content (AvgIpc) is 3.07. The summed E-state index contributed by atoms with van der Waals surface area (Å²) in [6.45, 7) is 9.60. The number of nitrogens with one attached hydrogen (secondary N) is 1. The van der Waals surface area contributed by atoms with Crippen LogP contribution in [0.5, 0.6) is 0 Å². The van der Waals surface area contributed by atoms with Gasteiger partial charge < -0.3 is 9.88 Å². The first-order valence-electron chi connectivity index (χ1n) is 8.66. The SMILES string of the molecule is Cc1cc(C)n(CCC(=O)NC2CCc3nnc(C(C)C)n3C2)n1. The molecule has 2 aromatic heterocycles. The Morgan fingerprint density at radius 2 is 2.17 bits per heavy atom. The van der Waals surface area contributed by atoms with Crippen LogP contribution in [0.3, 0.4) is 0 Å². The van der Waals surface area contributed by atoms with Crippen LogP contribution in [0.2, 0.25) is 0 Å². The molecule has 3 rings (SSSR count). The predicted octanol–water partition coefficient (Wildman–Crippen LogP) is 1.74. The van der Waals surface area contributed by atoms with E-state index in [0.717, 1.165) is 42.4 Å². The Kier molecular flexibility index (Phi) is 4.69. The molecule has 0 aromatic carbocycles. The Hall–Kier alpha value is -2.18. The zero-order chi connectivity index (χ0) is 17.3. The highest BCUT2D eigenvalue weighted by Crippen LogP contribution is 2.20. The molecule has 0 aliphatic carbocycles. The van der Waals surface area contributed by atoms with Crippen LogP contribution in [0.4, 0.5) is 0 Å². The highest BCUT2D eigenvalue weighted by atomic mass is 16.1. The first kappa shape index (κ1) is 16.7. The number of hydrogen-bond acceptors (Lipinski definition) is 4. The minimum absolute atomic E-state index is 0.0789. The smallest absolute Gasteiger partial charge is 0.222 e. The number of aryl methyl sites for hydroxylation is 4. The van der Waals surface area contributed by atoms with Gasteiger partial charge in [-0.25, -0.2) is 0 Å². The third-order valence-corrected chi connectivity index (χ3v) is 4.51. The molecule has 1 atom stereocenters. The topological polar surface area (TPSA) is 77.6 Å². The van der Waals surface area contributed by atoms with E-state index in [-0.39, 0.29) is 11.9 Å². The van der Waals surface area contributed by atoms with E-state index in [0.29, 0.717) is 18.9 Å². The Morgan fingerprint density at radius 3 is 2.83 bits per heavy atom. The van der Waals surface area contributed by atoms with E-state index in [1.54, 1.807) is 0 Å². The third kappa shape index (κ3) is 3.49. The van der Waals surface area contributed by atoms with Crippen molar-refractivity contribution < 1.29 is 4.79 Å². The maximum absolute atomic E-state index is 12.3. The first-order chi connectivity index (χ1) is 11.4. The van der Waals surface area contributed by atoms with Gasteiger partial charge in [0.05, 0.1) is 5.69 Å². The van der Waals surface area contributed by atoms with Crippen molar-refractivity contribution in [2.45, 2.75) is 72.0 Å². The molecule has 0 fully saturated rings.